The van der Waals surface area contributed by atoms with Crippen molar-refractivity contribution in [1.82, 2.24) is 4.98 Å². The summed E-state index contributed by atoms with van der Waals surface area (Å²) in [6.07, 6.45) is 3.08. The van der Waals surface area contributed by atoms with Crippen LogP contribution >= 0.6 is 12.2 Å². The first kappa shape index (κ1) is 21.0. The van der Waals surface area contributed by atoms with Gasteiger partial charge in [-0.15, -0.1) is 0 Å². The van der Waals surface area contributed by atoms with Gasteiger partial charge in [0.05, 0.1) is 6.07 Å². The molecule has 2 aromatic rings. The molecular weight excluding hydrogens is 394 g/mol. The fourth-order valence-electron chi connectivity index (χ4n) is 3.57. The highest BCUT2D eigenvalue weighted by Gasteiger charge is 2.30. The molecule has 0 amide bonds. The molecule has 2 heterocycles. The van der Waals surface area contributed by atoms with Crippen molar-refractivity contribution >= 4 is 34.5 Å². The van der Waals surface area contributed by atoms with Crippen molar-refractivity contribution < 1.29 is 0 Å². The summed E-state index contributed by atoms with van der Waals surface area (Å²) in [4.78, 5) is 6.55. The van der Waals surface area contributed by atoms with E-state index in [2.05, 4.69) is 22.4 Å². The van der Waals surface area contributed by atoms with Crippen molar-refractivity contribution in [1.29, 1.82) is 15.8 Å². The van der Waals surface area contributed by atoms with Gasteiger partial charge in [0.25, 0.3) is 0 Å². The Bertz CT molecular complexity index is 1080. The van der Waals surface area contributed by atoms with Gasteiger partial charge in [-0.25, -0.2) is 4.98 Å². The molecule has 1 aliphatic heterocycles. The average Bonchev–Trinajstić information content (AvgIpc) is 2.76. The number of benzene rings is 1. The van der Waals surface area contributed by atoms with Gasteiger partial charge in [-0.2, -0.15) is 15.8 Å². The first-order valence-corrected chi connectivity index (χ1v) is 10.1. The number of nitrogens with two attached hydrogens (primary N) is 1. The summed E-state index contributed by atoms with van der Waals surface area (Å²) in [5, 5.41) is 32.6. The monoisotopic (exact) mass is 415 g/mol. The molecule has 0 radical (unpaired) electrons. The van der Waals surface area contributed by atoms with E-state index >= 15 is 0 Å². The van der Waals surface area contributed by atoms with Crippen LogP contribution in [0.5, 0.6) is 0 Å². The largest absolute Gasteiger partial charge is 0.383 e. The van der Waals surface area contributed by atoms with Gasteiger partial charge in [0.1, 0.15) is 45.8 Å². The lowest BCUT2D eigenvalue weighted by atomic mass is 9.91. The number of aryl methyl sites for hydroxylation is 1. The summed E-state index contributed by atoms with van der Waals surface area (Å²) in [7, 11) is 0. The summed E-state index contributed by atoms with van der Waals surface area (Å²) in [6, 6.07) is 13.9. The smallest absolute Gasteiger partial charge is 0.149 e. The minimum atomic E-state index is -1.01. The number of anilines is 3. The molecule has 8 heteroatoms. The Labute approximate surface area is 181 Å². The summed E-state index contributed by atoms with van der Waals surface area (Å²) in [5.74, 6) is -0.591. The Balaban J connectivity index is 2.09. The van der Waals surface area contributed by atoms with E-state index < -0.39 is 5.92 Å². The zero-order valence-electron chi connectivity index (χ0n) is 16.6. The number of hydrogen-bond acceptors (Lipinski definition) is 7. The van der Waals surface area contributed by atoms with Crippen LogP contribution in [0.4, 0.5) is 17.3 Å². The van der Waals surface area contributed by atoms with Crippen LogP contribution in [0, 0.1) is 40.9 Å². The molecule has 3 N–H and O–H groups in total. The molecule has 0 bridgehead atoms. The van der Waals surface area contributed by atoms with Crippen LogP contribution in [0.25, 0.3) is 0 Å². The molecule has 7 nitrogen and oxygen atoms in total. The van der Waals surface area contributed by atoms with Gasteiger partial charge < -0.3 is 16.0 Å². The van der Waals surface area contributed by atoms with E-state index in [0.29, 0.717) is 5.82 Å². The lowest BCUT2D eigenvalue weighted by molar-refractivity contribution is 0.573. The maximum Gasteiger partial charge on any atom is 0.149 e. The number of nitrogens with one attached hydrogen (secondary N) is 1. The molecule has 1 aromatic heterocycles. The molecule has 0 aliphatic carbocycles. The maximum absolute atomic E-state index is 9.95. The van der Waals surface area contributed by atoms with E-state index in [9.17, 15) is 15.8 Å². The van der Waals surface area contributed by atoms with Crippen LogP contribution < -0.4 is 16.0 Å². The molecule has 0 spiro atoms. The highest BCUT2D eigenvalue weighted by atomic mass is 32.1. The third-order valence-corrected chi connectivity index (χ3v) is 5.46. The predicted molar refractivity (Wildman–Crippen MR) is 120 cm³/mol. The second-order valence-corrected chi connectivity index (χ2v) is 7.61. The van der Waals surface area contributed by atoms with E-state index in [1.807, 2.05) is 42.2 Å². The average molecular weight is 416 g/mol. The number of piperidine rings is 1. The minimum absolute atomic E-state index is 0.00505. The Hall–Kier alpha value is -3.67. The van der Waals surface area contributed by atoms with Crippen molar-refractivity contribution in [2.75, 3.05) is 29.0 Å². The topological polar surface area (TPSA) is 126 Å². The van der Waals surface area contributed by atoms with Gasteiger partial charge in [-0.3, -0.25) is 0 Å². The standard InChI is InChI=1S/C22H21N7S/c1-14-5-7-15(8-6-14)27-22(30)18(13-25)19-16(11-23)20(26)28-21(17(19)12-24)29-9-3-2-4-10-29/h5-8,18H,2-4,9-10H2,1H3,(H2,26,28)(H,27,30)/t18-/m1/s1. The number of nitriles is 3. The molecule has 3 rings (SSSR count). The highest BCUT2D eigenvalue weighted by molar-refractivity contribution is 7.80. The SMILES string of the molecule is Cc1ccc(NC(=S)[C@H](C#N)c2c(C#N)c(N)nc(N3CCCCC3)c2C#N)cc1. The number of hydrogen-bond donors (Lipinski definition) is 2. The minimum Gasteiger partial charge on any atom is -0.383 e. The molecule has 1 fully saturated rings. The van der Waals surface area contributed by atoms with Gasteiger partial charge in [0.2, 0.25) is 0 Å². The molecular formula is C22H21N7S. The molecule has 1 saturated heterocycles. The summed E-state index contributed by atoms with van der Waals surface area (Å²) < 4.78 is 0. The van der Waals surface area contributed by atoms with E-state index in [4.69, 9.17) is 18.0 Å². The molecule has 1 aliphatic rings. The van der Waals surface area contributed by atoms with Crippen molar-refractivity contribution in [2.45, 2.75) is 32.1 Å². The Morgan fingerprint density at radius 3 is 2.30 bits per heavy atom. The van der Waals surface area contributed by atoms with E-state index in [1.165, 1.54) is 0 Å². The molecule has 1 aromatic carbocycles. The molecule has 30 heavy (non-hydrogen) atoms. The molecule has 0 saturated carbocycles. The van der Waals surface area contributed by atoms with Gasteiger partial charge in [-0.05, 0) is 38.3 Å². The van der Waals surface area contributed by atoms with Crippen molar-refractivity contribution in [3.8, 4) is 18.2 Å². The number of pyridine rings is 1. The number of nitrogen functional groups attached to an aromatic ring is 1. The predicted octanol–water partition coefficient (Wildman–Crippen LogP) is 3.75. The number of rotatable bonds is 4. The Morgan fingerprint density at radius 2 is 1.73 bits per heavy atom. The van der Waals surface area contributed by atoms with Gasteiger partial charge in [0, 0.05) is 24.3 Å². The fraction of sp³-hybridized carbons (Fsp3) is 0.318. The second kappa shape index (κ2) is 9.22. The van der Waals surface area contributed by atoms with Crippen LogP contribution in [0.3, 0.4) is 0 Å². The zero-order chi connectivity index (χ0) is 21.7. The summed E-state index contributed by atoms with van der Waals surface area (Å²) >= 11 is 5.50. The van der Waals surface area contributed by atoms with Crippen LogP contribution in [-0.4, -0.2) is 23.1 Å². The number of aromatic nitrogens is 1. The maximum atomic E-state index is 9.95. The lowest BCUT2D eigenvalue weighted by Gasteiger charge is -2.30. The quantitative estimate of drug-likeness (QED) is 0.723. The zero-order valence-corrected chi connectivity index (χ0v) is 17.5. The van der Waals surface area contributed by atoms with Gasteiger partial charge in [0.15, 0.2) is 0 Å². The van der Waals surface area contributed by atoms with E-state index in [1.54, 1.807) is 0 Å². The second-order valence-electron chi connectivity index (χ2n) is 7.17. The fourth-order valence-corrected chi connectivity index (χ4v) is 3.85. The summed E-state index contributed by atoms with van der Waals surface area (Å²) in [5.41, 5.74) is 8.32. The van der Waals surface area contributed by atoms with Gasteiger partial charge >= 0.3 is 0 Å². The van der Waals surface area contributed by atoms with Gasteiger partial charge in [-0.1, -0.05) is 29.9 Å². The van der Waals surface area contributed by atoms with Crippen LogP contribution in [0.2, 0.25) is 0 Å². The van der Waals surface area contributed by atoms with Crippen molar-refractivity contribution in [3.05, 3.63) is 46.5 Å². The number of thiocarbonyl (C=S) groups is 1. The third-order valence-electron chi connectivity index (χ3n) is 5.12. The number of nitrogens with zero attached hydrogens (tertiary/aromatic N) is 5. The Kier molecular flexibility index (Phi) is 6.47. The highest BCUT2D eigenvalue weighted by Crippen LogP contribution is 2.35. The third kappa shape index (κ3) is 4.17. The molecule has 0 unspecified atom stereocenters. The molecule has 1 atom stereocenters. The Morgan fingerprint density at radius 1 is 1.10 bits per heavy atom. The van der Waals surface area contributed by atoms with E-state index in [0.717, 1.165) is 43.6 Å². The first-order chi connectivity index (χ1) is 14.5. The van der Waals surface area contributed by atoms with Crippen LogP contribution in [0.1, 0.15) is 47.4 Å². The van der Waals surface area contributed by atoms with Crippen molar-refractivity contribution in [3.63, 3.8) is 0 Å². The first-order valence-electron chi connectivity index (χ1n) is 9.65. The van der Waals surface area contributed by atoms with Crippen molar-refractivity contribution in [2.24, 2.45) is 0 Å². The normalized spacial score (nSPS) is 14.1. The molecule has 150 valence electrons. The van der Waals surface area contributed by atoms with Crippen LogP contribution in [-0.2, 0) is 0 Å². The lowest BCUT2D eigenvalue weighted by Crippen LogP contribution is -2.32. The van der Waals surface area contributed by atoms with E-state index in [-0.39, 0.29) is 27.5 Å². The van der Waals surface area contributed by atoms with Crippen LogP contribution in [0.15, 0.2) is 24.3 Å². The summed E-state index contributed by atoms with van der Waals surface area (Å²) in [6.45, 7) is 3.46.